The van der Waals surface area contributed by atoms with Crippen LogP contribution in [0.25, 0.3) is 0 Å². The number of aryl methyl sites for hydroxylation is 1. The van der Waals surface area contributed by atoms with Gasteiger partial charge in [0.15, 0.2) is 0 Å². The lowest BCUT2D eigenvalue weighted by molar-refractivity contribution is -0.140. The molecule has 230 valence electrons. The Labute approximate surface area is 269 Å². The van der Waals surface area contributed by atoms with E-state index in [1.54, 1.807) is 30.3 Å². The number of hydrogen-bond donors (Lipinski definition) is 1. The summed E-state index contributed by atoms with van der Waals surface area (Å²) in [5.41, 5.74) is 2.69. The van der Waals surface area contributed by atoms with Gasteiger partial charge in [-0.25, -0.2) is 8.42 Å². The van der Waals surface area contributed by atoms with Gasteiger partial charge < -0.3 is 10.2 Å². The van der Waals surface area contributed by atoms with Crippen LogP contribution in [0.4, 0.5) is 5.69 Å². The van der Waals surface area contributed by atoms with Crippen LogP contribution in [0.15, 0.2) is 108 Å². The molecule has 0 bridgehead atoms. The van der Waals surface area contributed by atoms with Crippen LogP contribution in [0.5, 0.6) is 0 Å². The van der Waals surface area contributed by atoms with Crippen molar-refractivity contribution >= 4 is 50.7 Å². The first-order chi connectivity index (χ1) is 21.1. The van der Waals surface area contributed by atoms with Crippen molar-refractivity contribution < 1.29 is 18.0 Å². The molecule has 4 aromatic rings. The molecule has 0 aliphatic carbocycles. The van der Waals surface area contributed by atoms with Gasteiger partial charge in [0.2, 0.25) is 11.8 Å². The maximum Gasteiger partial charge on any atom is 0.264 e. The summed E-state index contributed by atoms with van der Waals surface area (Å²) in [6, 6.07) is 28.5. The summed E-state index contributed by atoms with van der Waals surface area (Å²) in [6.07, 6.45) is 0.948. The van der Waals surface area contributed by atoms with Crippen molar-refractivity contribution in [3.8, 4) is 0 Å². The Kier molecular flexibility index (Phi) is 11.4. The number of anilines is 1. The van der Waals surface area contributed by atoms with Crippen molar-refractivity contribution in [1.82, 2.24) is 10.2 Å². The van der Waals surface area contributed by atoms with Crippen molar-refractivity contribution in [3.05, 3.63) is 130 Å². The van der Waals surface area contributed by atoms with Crippen LogP contribution >= 0.6 is 23.2 Å². The third-order valence-corrected chi connectivity index (χ3v) is 9.82. The summed E-state index contributed by atoms with van der Waals surface area (Å²) < 4.78 is 29.1. The molecule has 10 heteroatoms. The molecule has 0 aromatic heterocycles. The number of amides is 2. The van der Waals surface area contributed by atoms with E-state index < -0.39 is 28.5 Å². The second-order valence-corrected chi connectivity index (χ2v) is 13.0. The minimum atomic E-state index is -4.28. The zero-order valence-corrected chi connectivity index (χ0v) is 26.9. The lowest BCUT2D eigenvalue weighted by Gasteiger charge is -2.34. The van der Waals surface area contributed by atoms with E-state index in [4.69, 9.17) is 23.2 Å². The van der Waals surface area contributed by atoms with Gasteiger partial charge in [0.25, 0.3) is 10.0 Å². The first kappa shape index (κ1) is 33.1. The summed E-state index contributed by atoms with van der Waals surface area (Å²) in [5, 5.41) is 3.08. The zero-order valence-electron chi connectivity index (χ0n) is 24.6. The molecular formula is C34H35Cl2N3O4S. The smallest absolute Gasteiger partial charge is 0.264 e. The second kappa shape index (κ2) is 15.2. The van der Waals surface area contributed by atoms with Gasteiger partial charge in [-0.1, -0.05) is 109 Å². The van der Waals surface area contributed by atoms with Crippen molar-refractivity contribution in [1.29, 1.82) is 0 Å². The standard InChI is InChI=1S/C34H35Cl2N3O4S/c1-3-21-37-34(41)31(22-26-14-6-4-7-15-26)38(23-27-16-11-10-13-25(27)2)32(40)24-39(30-20-12-19-29(35)33(30)36)44(42,43)28-17-8-5-9-18-28/h4-20,31H,3,21-24H2,1-2H3,(H,37,41)/t31-/m0/s1. The summed E-state index contributed by atoms with van der Waals surface area (Å²) in [5.74, 6) is -0.896. The minimum absolute atomic E-state index is 0.00606. The van der Waals surface area contributed by atoms with E-state index in [-0.39, 0.29) is 39.5 Å². The fourth-order valence-corrected chi connectivity index (χ4v) is 6.70. The fourth-order valence-electron chi connectivity index (χ4n) is 4.81. The molecule has 0 radical (unpaired) electrons. The second-order valence-electron chi connectivity index (χ2n) is 10.3. The van der Waals surface area contributed by atoms with Crippen molar-refractivity contribution in [2.24, 2.45) is 0 Å². The quantitative estimate of drug-likeness (QED) is 0.175. The normalized spacial score (nSPS) is 11.9. The first-order valence-electron chi connectivity index (χ1n) is 14.3. The summed E-state index contributed by atoms with van der Waals surface area (Å²) in [7, 11) is -4.28. The van der Waals surface area contributed by atoms with Gasteiger partial charge in [-0.05, 0) is 54.3 Å². The Morgan fingerprint density at radius 1 is 0.841 bits per heavy atom. The van der Waals surface area contributed by atoms with E-state index >= 15 is 0 Å². The van der Waals surface area contributed by atoms with E-state index in [1.807, 2.05) is 68.4 Å². The number of nitrogens with one attached hydrogen (secondary N) is 1. The van der Waals surface area contributed by atoms with Crippen LogP contribution in [-0.4, -0.2) is 44.3 Å². The highest BCUT2D eigenvalue weighted by atomic mass is 35.5. The molecule has 0 aliphatic rings. The summed E-state index contributed by atoms with van der Waals surface area (Å²) in [6.45, 7) is 3.78. The molecule has 7 nitrogen and oxygen atoms in total. The van der Waals surface area contributed by atoms with Gasteiger partial charge in [-0.3, -0.25) is 13.9 Å². The lowest BCUT2D eigenvalue weighted by atomic mass is 10.0. The monoisotopic (exact) mass is 651 g/mol. The SMILES string of the molecule is CCCNC(=O)[C@H](Cc1ccccc1)N(Cc1ccccc1C)C(=O)CN(c1cccc(Cl)c1Cl)S(=O)(=O)c1ccccc1. The maximum atomic E-state index is 14.5. The van der Waals surface area contributed by atoms with Gasteiger partial charge in [-0.15, -0.1) is 0 Å². The van der Waals surface area contributed by atoms with Gasteiger partial charge in [-0.2, -0.15) is 0 Å². The van der Waals surface area contributed by atoms with Gasteiger partial charge >= 0.3 is 0 Å². The molecule has 2 amide bonds. The first-order valence-corrected chi connectivity index (χ1v) is 16.5. The van der Waals surface area contributed by atoms with E-state index in [1.165, 1.54) is 23.1 Å². The van der Waals surface area contributed by atoms with E-state index in [9.17, 15) is 18.0 Å². The number of nitrogens with zero attached hydrogens (tertiary/aromatic N) is 2. The third kappa shape index (κ3) is 8.00. The molecule has 0 saturated carbocycles. The van der Waals surface area contributed by atoms with E-state index in [0.717, 1.165) is 21.0 Å². The van der Waals surface area contributed by atoms with Gasteiger partial charge in [0.05, 0.1) is 20.6 Å². The summed E-state index contributed by atoms with van der Waals surface area (Å²) >= 11 is 12.9. The average Bonchev–Trinajstić information content (AvgIpc) is 3.03. The van der Waals surface area contributed by atoms with Crippen LogP contribution in [0.1, 0.15) is 30.0 Å². The van der Waals surface area contributed by atoms with Gasteiger partial charge in [0, 0.05) is 19.5 Å². The molecule has 0 heterocycles. The van der Waals surface area contributed by atoms with Crippen LogP contribution in [-0.2, 0) is 32.6 Å². The van der Waals surface area contributed by atoms with Crippen LogP contribution in [0.2, 0.25) is 10.0 Å². The number of rotatable bonds is 13. The number of hydrogen-bond acceptors (Lipinski definition) is 4. The molecule has 0 fully saturated rings. The third-order valence-electron chi connectivity index (χ3n) is 7.23. The number of sulfonamides is 1. The molecule has 1 N–H and O–H groups in total. The molecule has 0 unspecified atom stereocenters. The maximum absolute atomic E-state index is 14.5. The van der Waals surface area contributed by atoms with E-state index in [2.05, 4.69) is 5.32 Å². The molecule has 0 spiro atoms. The van der Waals surface area contributed by atoms with Crippen LogP contribution < -0.4 is 9.62 Å². The molecule has 4 aromatic carbocycles. The molecule has 4 rings (SSSR count). The predicted molar refractivity (Wildman–Crippen MR) is 176 cm³/mol. The summed E-state index contributed by atoms with van der Waals surface area (Å²) in [4.78, 5) is 29.7. The average molecular weight is 653 g/mol. The Bertz CT molecular complexity index is 1690. The zero-order chi connectivity index (χ0) is 31.7. The van der Waals surface area contributed by atoms with E-state index in [0.29, 0.717) is 13.0 Å². The van der Waals surface area contributed by atoms with Crippen molar-refractivity contribution in [2.45, 2.75) is 44.2 Å². The highest BCUT2D eigenvalue weighted by molar-refractivity contribution is 7.92. The van der Waals surface area contributed by atoms with Crippen LogP contribution in [0.3, 0.4) is 0 Å². The Morgan fingerprint density at radius 2 is 1.48 bits per heavy atom. The highest BCUT2D eigenvalue weighted by Gasteiger charge is 2.35. The minimum Gasteiger partial charge on any atom is -0.354 e. The number of carbonyl (C=O) groups excluding carboxylic acids is 2. The molecule has 0 saturated heterocycles. The number of carbonyl (C=O) groups is 2. The van der Waals surface area contributed by atoms with Crippen LogP contribution in [0, 0.1) is 6.92 Å². The molecule has 0 aliphatic heterocycles. The number of halogens is 2. The predicted octanol–water partition coefficient (Wildman–Crippen LogP) is 6.66. The Hall–Kier alpha value is -3.85. The number of benzene rings is 4. The molecular weight excluding hydrogens is 617 g/mol. The Balaban J connectivity index is 1.83. The topological polar surface area (TPSA) is 86.8 Å². The van der Waals surface area contributed by atoms with Gasteiger partial charge in [0.1, 0.15) is 12.6 Å². The molecule has 1 atom stereocenters. The Morgan fingerprint density at radius 3 is 2.14 bits per heavy atom. The highest BCUT2D eigenvalue weighted by Crippen LogP contribution is 2.35. The lowest BCUT2D eigenvalue weighted by Crippen LogP contribution is -2.53. The van der Waals surface area contributed by atoms with Crippen molar-refractivity contribution in [3.63, 3.8) is 0 Å². The van der Waals surface area contributed by atoms with Crippen molar-refractivity contribution in [2.75, 3.05) is 17.4 Å². The fraction of sp³-hybridized carbons (Fsp3) is 0.235. The molecule has 44 heavy (non-hydrogen) atoms. The largest absolute Gasteiger partial charge is 0.354 e.